The zero-order chi connectivity index (χ0) is 23.7. The minimum Gasteiger partial charge on any atom is -0.334 e. The third-order valence-corrected chi connectivity index (χ3v) is 7.79. The van der Waals surface area contributed by atoms with Crippen molar-refractivity contribution in [1.82, 2.24) is 5.32 Å². The quantitative estimate of drug-likeness (QED) is 0.350. The number of nitrogens with two attached hydrogens (primary N) is 1. The Morgan fingerprint density at radius 1 is 1.03 bits per heavy atom. The summed E-state index contributed by atoms with van der Waals surface area (Å²) in [6.07, 6.45) is 4.52. The number of hydrogen-bond acceptors (Lipinski definition) is 4. The smallest absolute Gasteiger partial charge is 0.322 e. The molecule has 174 valence electrons. The Bertz CT molecular complexity index is 1230. The predicted octanol–water partition coefficient (Wildman–Crippen LogP) is 6.06. The summed E-state index contributed by atoms with van der Waals surface area (Å²) < 4.78 is 0. The molecule has 3 aromatic carbocycles. The first kappa shape index (κ1) is 22.7. The van der Waals surface area contributed by atoms with Gasteiger partial charge in [0.25, 0.3) is 0 Å². The summed E-state index contributed by atoms with van der Waals surface area (Å²) in [4.78, 5) is 28.4. The van der Waals surface area contributed by atoms with Crippen LogP contribution in [0.15, 0.2) is 71.6 Å². The molecule has 5 nitrogen and oxygen atoms in total. The lowest BCUT2D eigenvalue weighted by Gasteiger charge is -2.25. The van der Waals surface area contributed by atoms with Crippen molar-refractivity contribution in [3.8, 4) is 11.1 Å². The fourth-order valence-corrected chi connectivity index (χ4v) is 5.79. The highest BCUT2D eigenvalue weighted by Gasteiger charge is 2.46. The van der Waals surface area contributed by atoms with Crippen LogP contribution in [0.1, 0.15) is 54.1 Å². The van der Waals surface area contributed by atoms with Gasteiger partial charge < -0.3 is 5.32 Å². The molecule has 0 aromatic heterocycles. The summed E-state index contributed by atoms with van der Waals surface area (Å²) in [5, 5.41) is 8.70. The van der Waals surface area contributed by atoms with Gasteiger partial charge in [-0.05, 0) is 78.2 Å². The summed E-state index contributed by atoms with van der Waals surface area (Å²) in [6, 6.07) is 21.9. The van der Waals surface area contributed by atoms with Crippen LogP contribution in [-0.2, 0) is 12.0 Å². The fraction of sp³-hybridized carbons (Fsp3) is 0.286. The van der Waals surface area contributed by atoms with Crippen LogP contribution in [0.2, 0.25) is 0 Å². The van der Waals surface area contributed by atoms with Crippen molar-refractivity contribution in [1.29, 1.82) is 0 Å². The van der Waals surface area contributed by atoms with E-state index in [9.17, 15) is 9.59 Å². The standard InChI is InChI=1S/C28H29N3O2S/c1-19(32)23-6-2-3-7-24(23)21-10-13-26-25(16-21)28(14-4-5-15-28)18-31(26)27(33)30-17-20-8-11-22(34-29)12-9-20/h2-3,6-13,16H,4-5,14-15,17-18,29H2,1H3,(H,30,33). The zero-order valence-electron chi connectivity index (χ0n) is 19.3. The van der Waals surface area contributed by atoms with Crippen LogP contribution in [0, 0.1) is 0 Å². The van der Waals surface area contributed by atoms with Gasteiger partial charge in [0.2, 0.25) is 0 Å². The Morgan fingerprint density at radius 2 is 1.76 bits per heavy atom. The van der Waals surface area contributed by atoms with Gasteiger partial charge in [-0.2, -0.15) is 0 Å². The van der Waals surface area contributed by atoms with Crippen molar-refractivity contribution in [3.05, 3.63) is 83.4 Å². The average molecular weight is 472 g/mol. The van der Waals surface area contributed by atoms with Crippen LogP contribution in [0.5, 0.6) is 0 Å². The first-order valence-corrected chi connectivity index (χ1v) is 12.6. The van der Waals surface area contributed by atoms with Crippen molar-refractivity contribution in [2.24, 2.45) is 5.14 Å². The molecule has 1 aliphatic carbocycles. The second kappa shape index (κ2) is 9.28. The van der Waals surface area contributed by atoms with Crippen molar-refractivity contribution in [3.63, 3.8) is 0 Å². The second-order valence-electron chi connectivity index (χ2n) is 9.33. The molecule has 1 heterocycles. The molecule has 1 aliphatic heterocycles. The predicted molar refractivity (Wildman–Crippen MR) is 138 cm³/mol. The highest BCUT2D eigenvalue weighted by molar-refractivity contribution is 7.97. The Morgan fingerprint density at radius 3 is 2.47 bits per heavy atom. The summed E-state index contributed by atoms with van der Waals surface area (Å²) >= 11 is 1.21. The maximum absolute atomic E-state index is 13.3. The molecule has 6 heteroatoms. The van der Waals surface area contributed by atoms with Gasteiger partial charge >= 0.3 is 6.03 Å². The number of ketones is 1. The molecule has 0 atom stereocenters. The van der Waals surface area contributed by atoms with E-state index in [1.165, 1.54) is 30.4 Å². The van der Waals surface area contributed by atoms with Gasteiger partial charge in [0.05, 0.1) is 0 Å². The van der Waals surface area contributed by atoms with Gasteiger partial charge in [-0.15, -0.1) is 0 Å². The van der Waals surface area contributed by atoms with Gasteiger partial charge in [0.15, 0.2) is 5.78 Å². The molecule has 3 aromatic rings. The van der Waals surface area contributed by atoms with Gasteiger partial charge in [-0.1, -0.05) is 55.3 Å². The molecule has 1 fully saturated rings. The molecule has 0 bridgehead atoms. The minimum atomic E-state index is -0.0702. The maximum atomic E-state index is 13.3. The molecular weight excluding hydrogens is 442 g/mol. The Labute approximate surface area is 204 Å². The van der Waals surface area contributed by atoms with E-state index in [0.29, 0.717) is 13.1 Å². The highest BCUT2D eigenvalue weighted by atomic mass is 32.2. The summed E-state index contributed by atoms with van der Waals surface area (Å²) in [7, 11) is 0. The Kier molecular flexibility index (Phi) is 6.19. The lowest BCUT2D eigenvalue weighted by molar-refractivity contribution is 0.101. The Balaban J connectivity index is 1.44. The van der Waals surface area contributed by atoms with Crippen LogP contribution in [0.25, 0.3) is 11.1 Å². The van der Waals surface area contributed by atoms with Crippen molar-refractivity contribution >= 4 is 29.4 Å². The zero-order valence-corrected chi connectivity index (χ0v) is 20.2. The van der Waals surface area contributed by atoms with Gasteiger partial charge in [0.1, 0.15) is 0 Å². The monoisotopic (exact) mass is 471 g/mol. The normalized spacial score (nSPS) is 16.0. The van der Waals surface area contributed by atoms with E-state index in [1.807, 2.05) is 59.5 Å². The van der Waals surface area contributed by atoms with E-state index in [4.69, 9.17) is 5.14 Å². The van der Waals surface area contributed by atoms with Crippen molar-refractivity contribution < 1.29 is 9.59 Å². The van der Waals surface area contributed by atoms with Gasteiger partial charge in [-0.3, -0.25) is 14.8 Å². The lowest BCUT2D eigenvalue weighted by atomic mass is 9.79. The average Bonchev–Trinajstić information content (AvgIpc) is 3.48. The molecule has 3 N–H and O–H groups in total. The maximum Gasteiger partial charge on any atom is 0.322 e. The summed E-state index contributed by atoms with van der Waals surface area (Å²) in [6.45, 7) is 2.78. The van der Waals surface area contributed by atoms with Crippen LogP contribution in [0.3, 0.4) is 0 Å². The van der Waals surface area contributed by atoms with E-state index in [2.05, 4.69) is 17.4 Å². The topological polar surface area (TPSA) is 75.4 Å². The highest BCUT2D eigenvalue weighted by Crippen LogP contribution is 2.51. The largest absolute Gasteiger partial charge is 0.334 e. The number of anilines is 1. The number of Topliss-reactive ketones (excluding diaryl/α,β-unsaturated/α-hetero) is 1. The number of amides is 2. The van der Waals surface area contributed by atoms with E-state index in [-0.39, 0.29) is 17.2 Å². The van der Waals surface area contributed by atoms with Crippen LogP contribution in [-0.4, -0.2) is 18.4 Å². The third-order valence-electron chi connectivity index (χ3n) is 7.25. The first-order chi connectivity index (χ1) is 16.5. The number of nitrogens with zero attached hydrogens (tertiary/aromatic N) is 1. The lowest BCUT2D eigenvalue weighted by Crippen LogP contribution is -2.41. The molecule has 5 rings (SSSR count). The minimum absolute atomic E-state index is 0.00610. The fourth-order valence-electron chi connectivity index (χ4n) is 5.50. The number of fused-ring (bicyclic) bond motifs is 2. The van der Waals surface area contributed by atoms with Crippen molar-refractivity contribution in [2.45, 2.75) is 49.5 Å². The molecule has 1 spiro atoms. The van der Waals surface area contributed by atoms with E-state index >= 15 is 0 Å². The van der Waals surface area contributed by atoms with E-state index in [0.717, 1.165) is 45.7 Å². The van der Waals surface area contributed by atoms with Crippen LogP contribution < -0.4 is 15.4 Å². The molecule has 2 aliphatic rings. The molecular formula is C28H29N3O2S. The molecule has 2 amide bonds. The van der Waals surface area contributed by atoms with Crippen molar-refractivity contribution in [2.75, 3.05) is 11.4 Å². The summed E-state index contributed by atoms with van der Waals surface area (Å²) in [5.41, 5.74) is 5.97. The van der Waals surface area contributed by atoms with E-state index in [1.54, 1.807) is 6.92 Å². The first-order valence-electron chi connectivity index (χ1n) is 11.8. The molecule has 0 radical (unpaired) electrons. The molecule has 0 unspecified atom stereocenters. The van der Waals surface area contributed by atoms with Crippen LogP contribution in [0.4, 0.5) is 10.5 Å². The van der Waals surface area contributed by atoms with Gasteiger partial charge in [-0.25, -0.2) is 4.79 Å². The molecule has 0 saturated heterocycles. The number of hydrogen-bond donors (Lipinski definition) is 2. The SMILES string of the molecule is CC(=O)c1ccccc1-c1ccc2c(c1)C1(CCCC1)CN2C(=O)NCc1ccc(SN)cc1. The Hall–Kier alpha value is -3.09. The number of benzene rings is 3. The van der Waals surface area contributed by atoms with Gasteiger partial charge in [0, 0.05) is 34.7 Å². The number of nitrogens with one attached hydrogen (secondary N) is 1. The third kappa shape index (κ3) is 4.12. The van der Waals surface area contributed by atoms with Crippen LogP contribution >= 0.6 is 11.9 Å². The summed E-state index contributed by atoms with van der Waals surface area (Å²) in [5.74, 6) is 0.0609. The molecule has 34 heavy (non-hydrogen) atoms. The second-order valence-corrected chi connectivity index (χ2v) is 10.0. The number of carbonyl (C=O) groups is 2. The number of carbonyl (C=O) groups excluding carboxylic acids is 2. The number of rotatable bonds is 5. The number of urea groups is 1. The molecule has 1 saturated carbocycles. The van der Waals surface area contributed by atoms with E-state index < -0.39 is 0 Å².